The van der Waals surface area contributed by atoms with Gasteiger partial charge in [-0.15, -0.1) is 0 Å². The van der Waals surface area contributed by atoms with Gasteiger partial charge in [0.25, 0.3) is 0 Å². The van der Waals surface area contributed by atoms with Crippen molar-refractivity contribution in [3.05, 3.63) is 30.2 Å². The molecule has 3 rings (SSSR count). The molecule has 2 aromatic rings. The lowest BCUT2D eigenvalue weighted by Crippen LogP contribution is -2.43. The van der Waals surface area contributed by atoms with Crippen LogP contribution in [0.5, 0.6) is 5.75 Å². The van der Waals surface area contributed by atoms with Gasteiger partial charge in [0.2, 0.25) is 11.7 Å². The van der Waals surface area contributed by atoms with Crippen molar-refractivity contribution >= 4 is 0 Å². The van der Waals surface area contributed by atoms with Crippen molar-refractivity contribution in [3.63, 3.8) is 0 Å². The Balaban J connectivity index is 1.72. The van der Waals surface area contributed by atoms with Gasteiger partial charge in [-0.1, -0.05) is 24.2 Å². The van der Waals surface area contributed by atoms with Gasteiger partial charge in [-0.25, -0.2) is 0 Å². The van der Waals surface area contributed by atoms with E-state index in [0.717, 1.165) is 37.2 Å². The first-order valence-corrected chi connectivity index (χ1v) is 7.93. The number of likely N-dealkylation sites (tertiary alicyclic amines) is 1. The first kappa shape index (κ1) is 16.0. The third-order valence-corrected chi connectivity index (χ3v) is 4.42. The molecule has 1 aliphatic rings. The van der Waals surface area contributed by atoms with Crippen molar-refractivity contribution in [3.8, 4) is 17.1 Å². The molecular formula is C17H23N3O3. The SMILES string of the molecule is COc1ccccc1-c1noc(CN2CCCC(C)(CO)C2)n1. The summed E-state index contributed by atoms with van der Waals surface area (Å²) < 4.78 is 10.7. The topological polar surface area (TPSA) is 71.6 Å². The molecule has 0 amide bonds. The highest BCUT2D eigenvalue weighted by atomic mass is 16.5. The lowest BCUT2D eigenvalue weighted by atomic mass is 9.83. The van der Waals surface area contributed by atoms with Crippen molar-refractivity contribution in [2.45, 2.75) is 26.3 Å². The minimum atomic E-state index is -0.0379. The summed E-state index contributed by atoms with van der Waals surface area (Å²) in [5.41, 5.74) is 0.785. The van der Waals surface area contributed by atoms with E-state index < -0.39 is 0 Å². The Morgan fingerprint density at radius 3 is 3.00 bits per heavy atom. The Morgan fingerprint density at radius 1 is 1.39 bits per heavy atom. The second-order valence-electron chi connectivity index (χ2n) is 6.49. The van der Waals surface area contributed by atoms with Crippen LogP contribution < -0.4 is 4.74 Å². The Labute approximate surface area is 136 Å². The first-order chi connectivity index (χ1) is 11.1. The minimum Gasteiger partial charge on any atom is -0.496 e. The Bertz CT molecular complexity index is 658. The Morgan fingerprint density at radius 2 is 2.22 bits per heavy atom. The van der Waals surface area contributed by atoms with Crippen LogP contribution in [0.4, 0.5) is 0 Å². The lowest BCUT2D eigenvalue weighted by molar-refractivity contribution is 0.0382. The van der Waals surface area contributed by atoms with Crippen LogP contribution in [0, 0.1) is 5.41 Å². The average molecular weight is 317 g/mol. The summed E-state index contributed by atoms with van der Waals surface area (Å²) in [4.78, 5) is 6.76. The molecule has 1 aromatic heterocycles. The van der Waals surface area contributed by atoms with E-state index in [-0.39, 0.29) is 12.0 Å². The van der Waals surface area contributed by atoms with Crippen LogP contribution in [0.3, 0.4) is 0 Å². The molecule has 6 nitrogen and oxygen atoms in total. The maximum atomic E-state index is 9.55. The van der Waals surface area contributed by atoms with Gasteiger partial charge >= 0.3 is 0 Å². The smallest absolute Gasteiger partial charge is 0.241 e. The predicted molar refractivity (Wildman–Crippen MR) is 86.0 cm³/mol. The number of aliphatic hydroxyl groups is 1. The second-order valence-corrected chi connectivity index (χ2v) is 6.49. The zero-order chi connectivity index (χ0) is 16.3. The summed E-state index contributed by atoms with van der Waals surface area (Å²) in [6, 6.07) is 7.62. The number of nitrogens with zero attached hydrogens (tertiary/aromatic N) is 3. The highest BCUT2D eigenvalue weighted by molar-refractivity contribution is 5.63. The van der Waals surface area contributed by atoms with Gasteiger partial charge in [-0.3, -0.25) is 4.90 Å². The summed E-state index contributed by atoms with van der Waals surface area (Å²) in [5.74, 6) is 1.86. The van der Waals surface area contributed by atoms with Gasteiger partial charge in [-0.2, -0.15) is 4.98 Å². The van der Waals surface area contributed by atoms with E-state index >= 15 is 0 Å². The van der Waals surface area contributed by atoms with Gasteiger partial charge in [0.15, 0.2) is 0 Å². The number of piperidine rings is 1. The molecule has 0 aliphatic carbocycles. The van der Waals surface area contributed by atoms with Crippen LogP contribution in [0.25, 0.3) is 11.4 Å². The number of aromatic nitrogens is 2. The van der Waals surface area contributed by atoms with Crippen molar-refractivity contribution in [1.82, 2.24) is 15.0 Å². The Hall–Kier alpha value is -1.92. The molecule has 0 saturated carbocycles. The third kappa shape index (κ3) is 3.54. The molecule has 6 heteroatoms. The van der Waals surface area contributed by atoms with Gasteiger partial charge in [0.1, 0.15) is 5.75 Å². The fraction of sp³-hybridized carbons (Fsp3) is 0.529. The largest absolute Gasteiger partial charge is 0.496 e. The van der Waals surface area contributed by atoms with E-state index in [0.29, 0.717) is 18.3 Å². The summed E-state index contributed by atoms with van der Waals surface area (Å²) in [6.07, 6.45) is 2.13. The number of benzene rings is 1. The highest BCUT2D eigenvalue weighted by Crippen LogP contribution is 2.30. The number of methoxy groups -OCH3 is 1. The first-order valence-electron chi connectivity index (χ1n) is 7.93. The molecule has 1 aliphatic heterocycles. The van der Waals surface area contributed by atoms with Crippen LogP contribution in [0.2, 0.25) is 0 Å². The summed E-state index contributed by atoms with van der Waals surface area (Å²) in [7, 11) is 1.63. The lowest BCUT2D eigenvalue weighted by Gasteiger charge is -2.38. The quantitative estimate of drug-likeness (QED) is 0.912. The fourth-order valence-corrected chi connectivity index (χ4v) is 3.14. The number of hydrogen-bond acceptors (Lipinski definition) is 6. The van der Waals surface area contributed by atoms with Gasteiger partial charge < -0.3 is 14.4 Å². The third-order valence-electron chi connectivity index (χ3n) is 4.42. The molecule has 0 bridgehead atoms. The van der Waals surface area contributed by atoms with Crippen molar-refractivity contribution in [2.75, 3.05) is 26.8 Å². The van der Waals surface area contributed by atoms with E-state index in [1.54, 1.807) is 7.11 Å². The number of para-hydroxylation sites is 1. The normalized spacial score (nSPS) is 22.2. The van der Waals surface area contributed by atoms with Gasteiger partial charge in [0.05, 0.1) is 19.2 Å². The van der Waals surface area contributed by atoms with Crippen molar-refractivity contribution in [2.24, 2.45) is 5.41 Å². The minimum absolute atomic E-state index is 0.0379. The van der Waals surface area contributed by atoms with Crippen LogP contribution in [0.1, 0.15) is 25.7 Å². The van der Waals surface area contributed by atoms with E-state index in [2.05, 4.69) is 22.0 Å². The average Bonchev–Trinajstić information content (AvgIpc) is 3.03. The van der Waals surface area contributed by atoms with E-state index in [9.17, 15) is 5.11 Å². The monoisotopic (exact) mass is 317 g/mol. The molecule has 0 spiro atoms. The number of hydrogen-bond donors (Lipinski definition) is 1. The van der Waals surface area contributed by atoms with Gasteiger partial charge in [0, 0.05) is 18.6 Å². The fourth-order valence-electron chi connectivity index (χ4n) is 3.14. The summed E-state index contributed by atoms with van der Waals surface area (Å²) in [6.45, 7) is 4.77. The molecule has 1 saturated heterocycles. The number of rotatable bonds is 5. The van der Waals surface area contributed by atoms with Crippen LogP contribution in [-0.2, 0) is 6.54 Å². The molecule has 1 aromatic carbocycles. The maximum absolute atomic E-state index is 9.55. The highest BCUT2D eigenvalue weighted by Gasteiger charge is 2.31. The number of ether oxygens (including phenoxy) is 1. The number of aliphatic hydroxyl groups excluding tert-OH is 1. The molecule has 2 heterocycles. The standard InChI is InChI=1S/C17H23N3O3/c1-17(12-21)8-5-9-20(11-17)10-15-18-16(19-23-15)13-6-3-4-7-14(13)22-2/h3-4,6-7,21H,5,8-12H2,1-2H3. The predicted octanol–water partition coefficient (Wildman–Crippen LogP) is 2.34. The molecule has 1 unspecified atom stereocenters. The van der Waals surface area contributed by atoms with Crippen LogP contribution in [-0.4, -0.2) is 47.0 Å². The van der Waals surface area contributed by atoms with Crippen molar-refractivity contribution in [1.29, 1.82) is 0 Å². The van der Waals surface area contributed by atoms with Crippen LogP contribution >= 0.6 is 0 Å². The molecule has 1 N–H and O–H groups in total. The van der Waals surface area contributed by atoms with Gasteiger partial charge in [-0.05, 0) is 31.5 Å². The maximum Gasteiger partial charge on any atom is 0.241 e. The molecule has 0 radical (unpaired) electrons. The second kappa shape index (κ2) is 6.68. The Kier molecular flexibility index (Phi) is 4.63. The zero-order valence-electron chi connectivity index (χ0n) is 13.7. The van der Waals surface area contributed by atoms with E-state index in [1.807, 2.05) is 24.3 Å². The van der Waals surface area contributed by atoms with E-state index in [4.69, 9.17) is 9.26 Å². The molecular weight excluding hydrogens is 294 g/mol. The summed E-state index contributed by atoms with van der Waals surface area (Å²) >= 11 is 0. The molecule has 1 fully saturated rings. The van der Waals surface area contributed by atoms with Crippen molar-refractivity contribution < 1.29 is 14.4 Å². The summed E-state index contributed by atoms with van der Waals surface area (Å²) in [5, 5.41) is 13.6. The van der Waals surface area contributed by atoms with Crippen LogP contribution in [0.15, 0.2) is 28.8 Å². The molecule has 124 valence electrons. The molecule has 23 heavy (non-hydrogen) atoms. The molecule has 1 atom stereocenters. The van der Waals surface area contributed by atoms with E-state index in [1.165, 1.54) is 0 Å². The zero-order valence-corrected chi connectivity index (χ0v) is 13.7.